The first kappa shape index (κ1) is 26.1. The number of hydrogen-bond donors (Lipinski definition) is 1. The number of nitrogens with one attached hydrogen (secondary N) is 1. The summed E-state index contributed by atoms with van der Waals surface area (Å²) in [5.41, 5.74) is 0.872. The number of alkyl halides is 2. The maximum absolute atomic E-state index is 12.4. The number of nitrogens with zero attached hydrogens (tertiary/aromatic N) is 2. The zero-order chi connectivity index (χ0) is 21.3. The molecule has 2 aromatic rings. The molecule has 0 spiro atoms. The van der Waals surface area contributed by atoms with Crippen LogP contribution in [0, 0.1) is 0 Å². The largest absolute Gasteiger partial charge is 0.435 e. The fourth-order valence-corrected chi connectivity index (χ4v) is 3.75. The Labute approximate surface area is 193 Å². The van der Waals surface area contributed by atoms with Crippen LogP contribution >= 0.6 is 24.0 Å². The molecule has 0 fully saturated rings. The summed E-state index contributed by atoms with van der Waals surface area (Å²) in [4.78, 5) is 6.52. The Kier molecular flexibility index (Phi) is 11.0. The Morgan fingerprint density at radius 2 is 1.77 bits per heavy atom. The average molecular weight is 553 g/mol. The Balaban J connectivity index is 0.00000450. The lowest BCUT2D eigenvalue weighted by Gasteiger charge is -2.22. The Hall–Kier alpha value is -1.95. The maximum atomic E-state index is 12.4. The number of ether oxygens (including phenoxy) is 1. The van der Waals surface area contributed by atoms with Gasteiger partial charge < -0.3 is 15.0 Å². The minimum absolute atomic E-state index is 0. The van der Waals surface area contributed by atoms with E-state index in [0.717, 1.165) is 5.56 Å². The van der Waals surface area contributed by atoms with E-state index in [1.807, 2.05) is 18.9 Å². The highest BCUT2D eigenvalue weighted by molar-refractivity contribution is 14.0. The number of guanidine groups is 1. The van der Waals surface area contributed by atoms with Gasteiger partial charge in [-0.3, -0.25) is 4.99 Å². The third-order valence-corrected chi connectivity index (χ3v) is 5.70. The van der Waals surface area contributed by atoms with E-state index in [1.165, 1.54) is 12.1 Å². The van der Waals surface area contributed by atoms with Gasteiger partial charge in [0.25, 0.3) is 0 Å². The van der Waals surface area contributed by atoms with Crippen LogP contribution in [-0.4, -0.2) is 51.8 Å². The van der Waals surface area contributed by atoms with Gasteiger partial charge in [0.1, 0.15) is 5.75 Å². The smallest absolute Gasteiger partial charge is 0.387 e. The molecule has 0 aromatic heterocycles. The van der Waals surface area contributed by atoms with Crippen LogP contribution in [0.4, 0.5) is 8.78 Å². The number of rotatable bonds is 9. The van der Waals surface area contributed by atoms with Gasteiger partial charge in [0.2, 0.25) is 0 Å². The van der Waals surface area contributed by atoms with E-state index < -0.39 is 16.4 Å². The monoisotopic (exact) mass is 553 g/mol. The molecule has 2 rings (SSSR count). The fraction of sp³-hybridized carbons (Fsp3) is 0.350. The predicted octanol–water partition coefficient (Wildman–Crippen LogP) is 3.78. The van der Waals surface area contributed by atoms with Gasteiger partial charge in [0.05, 0.1) is 17.2 Å². The van der Waals surface area contributed by atoms with E-state index in [-0.39, 0.29) is 46.9 Å². The number of halogens is 3. The van der Waals surface area contributed by atoms with Gasteiger partial charge in [-0.25, -0.2) is 8.42 Å². The first-order chi connectivity index (χ1) is 13.8. The van der Waals surface area contributed by atoms with Crippen molar-refractivity contribution in [3.63, 3.8) is 0 Å². The van der Waals surface area contributed by atoms with Crippen LogP contribution in [0.1, 0.15) is 12.5 Å². The molecule has 0 bridgehead atoms. The molecule has 0 unspecified atom stereocenters. The Morgan fingerprint density at radius 3 is 2.33 bits per heavy atom. The normalized spacial score (nSPS) is 11.7. The minimum atomic E-state index is -3.40. The lowest BCUT2D eigenvalue weighted by molar-refractivity contribution is -0.0498. The molecular weight excluding hydrogens is 527 g/mol. The summed E-state index contributed by atoms with van der Waals surface area (Å²) in [6.45, 7) is 0.260. The second-order valence-corrected chi connectivity index (χ2v) is 8.36. The van der Waals surface area contributed by atoms with Gasteiger partial charge in [-0.1, -0.05) is 30.3 Å². The zero-order valence-electron chi connectivity index (χ0n) is 16.8. The molecule has 0 saturated carbocycles. The van der Waals surface area contributed by atoms with Crippen molar-refractivity contribution < 1.29 is 21.9 Å². The molecule has 0 radical (unpaired) electrons. The first-order valence-electron chi connectivity index (χ1n) is 9.13. The molecule has 166 valence electrons. The predicted molar refractivity (Wildman–Crippen MR) is 124 cm³/mol. The van der Waals surface area contributed by atoms with Gasteiger partial charge in [0.15, 0.2) is 15.8 Å². The van der Waals surface area contributed by atoms with Crippen molar-refractivity contribution in [1.29, 1.82) is 0 Å². The summed E-state index contributed by atoms with van der Waals surface area (Å²) in [6.07, 6.45) is 0. The third kappa shape index (κ3) is 8.42. The minimum Gasteiger partial charge on any atom is -0.435 e. The number of sulfone groups is 1. The molecule has 0 saturated heterocycles. The van der Waals surface area contributed by atoms with Crippen LogP contribution in [0.25, 0.3) is 0 Å². The SMILES string of the molecule is CCNC(=NCCS(=O)(=O)c1ccccc1)N(C)Cc1ccc(OC(F)F)cc1.I. The van der Waals surface area contributed by atoms with E-state index in [9.17, 15) is 17.2 Å². The highest BCUT2D eigenvalue weighted by atomic mass is 127. The summed E-state index contributed by atoms with van der Waals surface area (Å²) < 4.78 is 53.6. The van der Waals surface area contributed by atoms with Crippen LogP contribution in [0.5, 0.6) is 5.75 Å². The standard InChI is InChI=1S/C20H25F2N3O3S.HI/c1-3-23-20(24-13-14-29(26,27)18-7-5-4-6-8-18)25(2)15-16-9-11-17(12-10-16)28-19(21)22;/h4-12,19H,3,13-15H2,1-2H3,(H,23,24);1H. The van der Waals surface area contributed by atoms with Gasteiger partial charge in [-0.15, -0.1) is 24.0 Å². The van der Waals surface area contributed by atoms with E-state index >= 15 is 0 Å². The first-order valence-corrected chi connectivity index (χ1v) is 10.8. The van der Waals surface area contributed by atoms with Gasteiger partial charge in [-0.05, 0) is 36.8 Å². The van der Waals surface area contributed by atoms with Crippen molar-refractivity contribution in [2.75, 3.05) is 25.9 Å². The number of hydrogen-bond acceptors (Lipinski definition) is 4. The van der Waals surface area contributed by atoms with Crippen molar-refractivity contribution in [2.45, 2.75) is 25.0 Å². The topological polar surface area (TPSA) is 71.0 Å². The van der Waals surface area contributed by atoms with Crippen LogP contribution in [-0.2, 0) is 16.4 Å². The van der Waals surface area contributed by atoms with E-state index in [2.05, 4.69) is 15.0 Å². The molecule has 0 atom stereocenters. The summed E-state index contributed by atoms with van der Waals surface area (Å²) in [6, 6.07) is 14.6. The average Bonchev–Trinajstić information content (AvgIpc) is 2.69. The quantitative estimate of drug-likeness (QED) is 0.291. The van der Waals surface area contributed by atoms with Crippen LogP contribution < -0.4 is 10.1 Å². The van der Waals surface area contributed by atoms with Crippen molar-refractivity contribution in [2.24, 2.45) is 4.99 Å². The fourth-order valence-electron chi connectivity index (χ4n) is 2.61. The molecule has 30 heavy (non-hydrogen) atoms. The summed E-state index contributed by atoms with van der Waals surface area (Å²) in [7, 11) is -1.58. The molecule has 1 N–H and O–H groups in total. The highest BCUT2D eigenvalue weighted by Crippen LogP contribution is 2.16. The van der Waals surface area contributed by atoms with Crippen LogP contribution in [0.15, 0.2) is 64.5 Å². The Morgan fingerprint density at radius 1 is 1.13 bits per heavy atom. The summed E-state index contributed by atoms with van der Waals surface area (Å²) >= 11 is 0. The van der Waals surface area contributed by atoms with E-state index in [1.54, 1.807) is 42.5 Å². The number of benzene rings is 2. The zero-order valence-corrected chi connectivity index (χ0v) is 19.9. The number of aliphatic imine (C=N–C) groups is 1. The molecule has 0 heterocycles. The van der Waals surface area contributed by atoms with Crippen molar-refractivity contribution >= 4 is 39.8 Å². The lowest BCUT2D eigenvalue weighted by atomic mass is 10.2. The molecule has 0 aliphatic heterocycles. The molecule has 2 aromatic carbocycles. The summed E-state index contributed by atoms with van der Waals surface area (Å²) in [5, 5.41) is 3.12. The molecule has 0 aliphatic rings. The second-order valence-electron chi connectivity index (χ2n) is 6.25. The maximum Gasteiger partial charge on any atom is 0.387 e. The molecule has 10 heteroatoms. The summed E-state index contributed by atoms with van der Waals surface area (Å²) in [5.74, 6) is 0.557. The molecule has 6 nitrogen and oxygen atoms in total. The van der Waals surface area contributed by atoms with Crippen LogP contribution in [0.3, 0.4) is 0 Å². The molecule has 0 amide bonds. The van der Waals surface area contributed by atoms with E-state index in [4.69, 9.17) is 0 Å². The molecular formula is C20H26F2IN3O3S. The third-order valence-electron chi connectivity index (χ3n) is 3.99. The van der Waals surface area contributed by atoms with Gasteiger partial charge >= 0.3 is 6.61 Å². The van der Waals surface area contributed by atoms with Gasteiger partial charge in [-0.2, -0.15) is 8.78 Å². The van der Waals surface area contributed by atoms with Crippen molar-refractivity contribution in [1.82, 2.24) is 10.2 Å². The Bertz CT molecular complexity index is 895. The highest BCUT2D eigenvalue weighted by Gasteiger charge is 2.14. The van der Waals surface area contributed by atoms with Crippen LogP contribution in [0.2, 0.25) is 0 Å². The lowest BCUT2D eigenvalue weighted by Crippen LogP contribution is -2.38. The molecule has 0 aliphatic carbocycles. The van der Waals surface area contributed by atoms with Crippen molar-refractivity contribution in [3.8, 4) is 5.75 Å². The second kappa shape index (κ2) is 12.7. The van der Waals surface area contributed by atoms with Crippen molar-refractivity contribution in [3.05, 3.63) is 60.2 Å². The van der Waals surface area contributed by atoms with E-state index in [0.29, 0.717) is 19.0 Å². The van der Waals surface area contributed by atoms with Gasteiger partial charge in [0, 0.05) is 20.1 Å².